The molecule has 0 spiro atoms. The lowest BCUT2D eigenvalue weighted by Crippen LogP contribution is -2.80. The van der Waals surface area contributed by atoms with Crippen LogP contribution < -0.4 is 17.2 Å². The molecule has 14 N–H and O–H groups in total. The van der Waals surface area contributed by atoms with Gasteiger partial charge in [-0.05, 0) is 0 Å². The standard InChI is InChI=1S/C18H31BN4O13/c19-16(22)14(36-15(3-26)17(30)18(16,31)23(15)17)35-11-5(2-25)33-13(7(21)9(11)28)34-10-4(1-24)32-12(29)6(20)8(10)27/h4-14,24-31H,1-3,20-22H2/t4-,5-,6-,7-,8-,9-,10?,11?,12-,13+,14+,15-,16+,17-,18-,23?/m1/s1. The Morgan fingerprint density at radius 1 is 0.861 bits per heavy atom. The number of ether oxygens (including phenoxy) is 5. The van der Waals surface area contributed by atoms with Gasteiger partial charge >= 0.3 is 0 Å². The van der Waals surface area contributed by atoms with E-state index in [1.54, 1.807) is 0 Å². The molecule has 6 aliphatic heterocycles. The molecule has 0 aromatic heterocycles. The third kappa shape index (κ3) is 3.09. The first-order valence-electron chi connectivity index (χ1n) is 11.3. The maximum absolute atomic E-state index is 10.9. The first-order valence-corrected chi connectivity index (χ1v) is 11.3. The lowest BCUT2D eigenvalue weighted by atomic mass is 9.66. The summed E-state index contributed by atoms with van der Waals surface area (Å²) >= 11 is 0. The summed E-state index contributed by atoms with van der Waals surface area (Å²) in [6, 6.07) is -2.68. The Kier molecular flexibility index (Phi) is 6.32. The first-order chi connectivity index (χ1) is 16.8. The van der Waals surface area contributed by atoms with Crippen LogP contribution in [0.3, 0.4) is 0 Å². The molecule has 0 aliphatic carbocycles. The molecule has 6 rings (SSSR count). The number of hydrogen-bond donors (Lipinski definition) is 11. The summed E-state index contributed by atoms with van der Waals surface area (Å²) in [6.07, 6.45) is -13.3. The van der Waals surface area contributed by atoms with E-state index in [1.807, 2.05) is 0 Å². The molecule has 204 valence electrons. The molecule has 17 nitrogen and oxygen atoms in total. The zero-order valence-corrected chi connectivity index (χ0v) is 18.8. The van der Waals surface area contributed by atoms with Gasteiger partial charge in [0, 0.05) is 0 Å². The monoisotopic (exact) mass is 522 g/mol. The molecular weight excluding hydrogens is 491 g/mol. The fraction of sp³-hybridized carbons (Fsp3) is 1.00. The Labute approximate surface area is 205 Å². The Hall–Kier alpha value is -0.615. The van der Waals surface area contributed by atoms with Gasteiger partial charge in [0.1, 0.15) is 44.5 Å². The maximum Gasteiger partial charge on any atom is 0.214 e. The highest BCUT2D eigenvalue weighted by atomic mass is 16.8. The molecule has 6 fully saturated rings. The normalized spacial score (nSPS) is 62.0. The maximum atomic E-state index is 10.9. The number of aliphatic hydroxyl groups excluding tert-OH is 6. The Morgan fingerprint density at radius 2 is 1.39 bits per heavy atom. The summed E-state index contributed by atoms with van der Waals surface area (Å²) in [6.45, 7) is -2.16. The second kappa shape index (κ2) is 8.44. The minimum absolute atomic E-state index is 0.668. The SMILES string of the molecule is [B][C@]1(N)[C@@H](OC2[C@@H](CO)O[C@@H](OC3[C@@H](CO)O[C@@H](O)[C@H](N)[C@H]3O)[C@H](N)[C@H]2O)O[C@@]2(CO)N3[C@]1(O)[C@@]32O. The van der Waals surface area contributed by atoms with E-state index in [2.05, 4.69) is 0 Å². The molecule has 0 aromatic carbocycles. The van der Waals surface area contributed by atoms with Gasteiger partial charge in [-0.1, -0.05) is 0 Å². The molecule has 0 amide bonds. The van der Waals surface area contributed by atoms with Crippen LogP contribution >= 0.6 is 0 Å². The minimum atomic E-state index is -2.25. The predicted molar refractivity (Wildman–Crippen MR) is 111 cm³/mol. The van der Waals surface area contributed by atoms with Crippen LogP contribution in [0.15, 0.2) is 0 Å². The average Bonchev–Trinajstić information content (AvgIpc) is 3.63. The summed E-state index contributed by atoms with van der Waals surface area (Å²) < 4.78 is 27.7. The van der Waals surface area contributed by atoms with Crippen LogP contribution in [0.2, 0.25) is 0 Å². The van der Waals surface area contributed by atoms with Gasteiger partial charge in [0.15, 0.2) is 30.3 Å². The summed E-state index contributed by atoms with van der Waals surface area (Å²) in [4.78, 5) is 0.969. The molecule has 6 saturated heterocycles. The van der Waals surface area contributed by atoms with Crippen LogP contribution in [0.5, 0.6) is 0 Å². The van der Waals surface area contributed by atoms with Crippen molar-refractivity contribution in [1.29, 1.82) is 0 Å². The van der Waals surface area contributed by atoms with Crippen molar-refractivity contribution in [3.8, 4) is 0 Å². The highest BCUT2D eigenvalue weighted by molar-refractivity contribution is 6.17. The Morgan fingerprint density at radius 3 is 1.94 bits per heavy atom. The lowest BCUT2D eigenvalue weighted by Gasteiger charge is -2.54. The van der Waals surface area contributed by atoms with Gasteiger partial charge < -0.3 is 81.7 Å². The van der Waals surface area contributed by atoms with Crippen molar-refractivity contribution in [2.24, 2.45) is 17.2 Å². The van der Waals surface area contributed by atoms with E-state index in [4.69, 9.17) is 48.7 Å². The van der Waals surface area contributed by atoms with Gasteiger partial charge in [-0.15, -0.1) is 0 Å². The van der Waals surface area contributed by atoms with E-state index in [1.165, 1.54) is 0 Å². The van der Waals surface area contributed by atoms with Crippen LogP contribution in [0, 0.1) is 0 Å². The number of aliphatic hydroxyl groups is 8. The summed E-state index contributed by atoms with van der Waals surface area (Å²) in [5.74, 6) is 0. The Bertz CT molecular complexity index is 875. The largest absolute Gasteiger partial charge is 0.394 e. The number of rotatable bonds is 7. The molecule has 36 heavy (non-hydrogen) atoms. The zero-order valence-electron chi connectivity index (χ0n) is 18.8. The van der Waals surface area contributed by atoms with E-state index in [9.17, 15) is 40.9 Å². The molecule has 6 heterocycles. The number of nitrogens with zero attached hydrogens (tertiary/aromatic N) is 1. The quantitative estimate of drug-likeness (QED) is 0.109. The van der Waals surface area contributed by atoms with Crippen molar-refractivity contribution in [3.05, 3.63) is 0 Å². The second-order valence-electron chi connectivity index (χ2n) is 9.82. The van der Waals surface area contributed by atoms with Crippen LogP contribution in [-0.2, 0) is 23.7 Å². The Balaban J connectivity index is 1.31. The van der Waals surface area contributed by atoms with Crippen molar-refractivity contribution in [2.75, 3.05) is 19.8 Å². The van der Waals surface area contributed by atoms with Gasteiger partial charge in [-0.3, -0.25) is 0 Å². The first kappa shape index (κ1) is 27.0. The van der Waals surface area contributed by atoms with Gasteiger partial charge in [0.25, 0.3) is 0 Å². The van der Waals surface area contributed by atoms with Crippen molar-refractivity contribution in [3.63, 3.8) is 0 Å². The third-order valence-corrected chi connectivity index (χ3v) is 7.84. The average molecular weight is 522 g/mol. The number of fused-ring (bicyclic) bond motifs is 2. The molecule has 6 aliphatic rings. The molecule has 3 unspecified atom stereocenters. The van der Waals surface area contributed by atoms with Gasteiger partial charge in [0.2, 0.25) is 5.72 Å². The van der Waals surface area contributed by atoms with E-state index in [-0.39, 0.29) is 0 Å². The van der Waals surface area contributed by atoms with E-state index in [0.717, 1.165) is 4.90 Å². The topological polar surface area (TPSA) is 289 Å². The van der Waals surface area contributed by atoms with Crippen LogP contribution in [0.25, 0.3) is 0 Å². The molecule has 16 atom stereocenters. The van der Waals surface area contributed by atoms with E-state index < -0.39 is 110 Å². The minimum Gasteiger partial charge on any atom is -0.394 e. The van der Waals surface area contributed by atoms with Crippen molar-refractivity contribution in [2.45, 2.75) is 90.2 Å². The summed E-state index contributed by atoms with van der Waals surface area (Å²) in [5, 5.41) is 81.4. The highest BCUT2D eigenvalue weighted by Crippen LogP contribution is 2.81. The third-order valence-electron chi connectivity index (χ3n) is 7.84. The van der Waals surface area contributed by atoms with Gasteiger partial charge in [-0.25, -0.2) is 0 Å². The summed E-state index contributed by atoms with van der Waals surface area (Å²) in [5.41, 5.74) is 9.65. The second-order valence-corrected chi connectivity index (χ2v) is 9.82. The zero-order chi connectivity index (χ0) is 26.6. The fourth-order valence-electron chi connectivity index (χ4n) is 5.57. The number of nitrogens with two attached hydrogens (primary N) is 3. The summed E-state index contributed by atoms with van der Waals surface area (Å²) in [7, 11) is 6.02. The lowest BCUT2D eigenvalue weighted by molar-refractivity contribution is -0.373. The smallest absolute Gasteiger partial charge is 0.214 e. The van der Waals surface area contributed by atoms with Crippen molar-refractivity contribution in [1.82, 2.24) is 4.90 Å². The predicted octanol–water partition coefficient (Wildman–Crippen LogP) is -8.87. The molecule has 18 heteroatoms. The van der Waals surface area contributed by atoms with E-state index >= 15 is 0 Å². The van der Waals surface area contributed by atoms with Crippen molar-refractivity contribution >= 4 is 7.85 Å². The van der Waals surface area contributed by atoms with Crippen LogP contribution in [-0.4, -0.2) is 164 Å². The van der Waals surface area contributed by atoms with Crippen molar-refractivity contribution < 1.29 is 64.5 Å². The van der Waals surface area contributed by atoms with E-state index in [0.29, 0.717) is 0 Å². The fourth-order valence-corrected chi connectivity index (χ4v) is 5.57. The molecule has 2 bridgehead atoms. The molecular formula is C18H31BN4O13. The van der Waals surface area contributed by atoms with Gasteiger partial charge in [-0.2, -0.15) is 4.90 Å². The molecule has 0 aromatic rings. The molecule has 0 saturated carbocycles. The highest BCUT2D eigenvalue weighted by Gasteiger charge is 3.10. The number of hydrogen-bond acceptors (Lipinski definition) is 17. The van der Waals surface area contributed by atoms with Gasteiger partial charge in [0.05, 0.1) is 37.3 Å². The molecule has 2 radical (unpaired) electrons. The van der Waals surface area contributed by atoms with Crippen LogP contribution in [0.1, 0.15) is 0 Å². The van der Waals surface area contributed by atoms with Crippen LogP contribution in [0.4, 0.5) is 0 Å².